The van der Waals surface area contributed by atoms with Crippen LogP contribution in [0.2, 0.25) is 0 Å². The van der Waals surface area contributed by atoms with Gasteiger partial charge in [0.1, 0.15) is 0 Å². The first-order valence-electron chi connectivity index (χ1n) is 6.99. The van der Waals surface area contributed by atoms with E-state index in [1.165, 1.54) is 51.1 Å². The summed E-state index contributed by atoms with van der Waals surface area (Å²) in [5, 5.41) is 0. The lowest BCUT2D eigenvalue weighted by molar-refractivity contribution is 0.273. The Morgan fingerprint density at radius 1 is 1.06 bits per heavy atom. The smallest absolute Gasteiger partial charge is 0.0314 e. The second-order valence-electron chi connectivity index (χ2n) is 5.34. The summed E-state index contributed by atoms with van der Waals surface area (Å²) in [6, 6.07) is 8.28. The van der Waals surface area contributed by atoms with Crippen molar-refractivity contribution in [1.82, 2.24) is 9.80 Å². The summed E-state index contributed by atoms with van der Waals surface area (Å²) in [6.45, 7) is 6.15. The van der Waals surface area contributed by atoms with Gasteiger partial charge >= 0.3 is 0 Å². The summed E-state index contributed by atoms with van der Waals surface area (Å²) in [7, 11) is 2.22. The number of hydrogen-bond donors (Lipinski definition) is 1. The van der Waals surface area contributed by atoms with Crippen molar-refractivity contribution < 1.29 is 0 Å². The van der Waals surface area contributed by atoms with Crippen LogP contribution < -0.4 is 5.73 Å². The lowest BCUT2D eigenvalue weighted by Gasteiger charge is -2.19. The van der Waals surface area contributed by atoms with E-state index in [1.54, 1.807) is 0 Å². The Labute approximate surface area is 111 Å². The van der Waals surface area contributed by atoms with Crippen molar-refractivity contribution in [2.45, 2.75) is 19.3 Å². The third-order valence-electron chi connectivity index (χ3n) is 3.73. The zero-order valence-corrected chi connectivity index (χ0v) is 11.4. The standard InChI is InChI=1S/C15H25N3/c1-17-9-3-11-18(13-12-17)10-2-4-14-5-7-15(16)8-6-14/h5-8H,2-4,9-13,16H2,1H3. The fourth-order valence-electron chi connectivity index (χ4n) is 2.51. The minimum absolute atomic E-state index is 0.856. The van der Waals surface area contributed by atoms with E-state index in [0.29, 0.717) is 0 Å². The highest BCUT2D eigenvalue weighted by Crippen LogP contribution is 2.09. The Balaban J connectivity index is 1.70. The van der Waals surface area contributed by atoms with E-state index in [-0.39, 0.29) is 0 Å². The second-order valence-corrected chi connectivity index (χ2v) is 5.34. The van der Waals surface area contributed by atoms with E-state index >= 15 is 0 Å². The van der Waals surface area contributed by atoms with Crippen molar-refractivity contribution in [3.8, 4) is 0 Å². The van der Waals surface area contributed by atoms with Crippen LogP contribution in [0.1, 0.15) is 18.4 Å². The van der Waals surface area contributed by atoms with Gasteiger partial charge < -0.3 is 15.5 Å². The van der Waals surface area contributed by atoms with Crippen LogP contribution in [-0.4, -0.2) is 49.6 Å². The molecule has 1 heterocycles. The number of nitrogens with zero attached hydrogens (tertiary/aromatic N) is 2. The van der Waals surface area contributed by atoms with Gasteiger partial charge in [0.25, 0.3) is 0 Å². The monoisotopic (exact) mass is 247 g/mol. The summed E-state index contributed by atoms with van der Waals surface area (Å²) in [6.07, 6.45) is 3.71. The molecule has 1 saturated heterocycles. The Hall–Kier alpha value is -1.06. The van der Waals surface area contributed by atoms with Gasteiger partial charge in [-0.2, -0.15) is 0 Å². The van der Waals surface area contributed by atoms with Gasteiger partial charge in [0.2, 0.25) is 0 Å². The molecule has 18 heavy (non-hydrogen) atoms. The van der Waals surface area contributed by atoms with Crippen molar-refractivity contribution in [1.29, 1.82) is 0 Å². The second kappa shape index (κ2) is 6.76. The van der Waals surface area contributed by atoms with Crippen LogP contribution in [-0.2, 0) is 6.42 Å². The van der Waals surface area contributed by atoms with Crippen LogP contribution in [0.15, 0.2) is 24.3 Å². The fraction of sp³-hybridized carbons (Fsp3) is 0.600. The van der Waals surface area contributed by atoms with E-state index < -0.39 is 0 Å². The fourth-order valence-corrected chi connectivity index (χ4v) is 2.51. The topological polar surface area (TPSA) is 32.5 Å². The summed E-state index contributed by atoms with van der Waals surface area (Å²) in [5.74, 6) is 0. The maximum Gasteiger partial charge on any atom is 0.0314 e. The van der Waals surface area contributed by atoms with Gasteiger partial charge in [-0.1, -0.05) is 12.1 Å². The average molecular weight is 247 g/mol. The molecular formula is C15H25N3. The van der Waals surface area contributed by atoms with E-state index in [9.17, 15) is 0 Å². The first-order chi connectivity index (χ1) is 8.74. The highest BCUT2D eigenvalue weighted by molar-refractivity contribution is 5.39. The third-order valence-corrected chi connectivity index (χ3v) is 3.73. The molecule has 100 valence electrons. The zero-order valence-electron chi connectivity index (χ0n) is 11.4. The molecule has 3 nitrogen and oxygen atoms in total. The number of nitrogens with two attached hydrogens (primary N) is 1. The number of hydrogen-bond acceptors (Lipinski definition) is 3. The molecule has 3 heteroatoms. The van der Waals surface area contributed by atoms with E-state index in [1.807, 2.05) is 12.1 Å². The average Bonchev–Trinajstić information content (AvgIpc) is 2.57. The minimum Gasteiger partial charge on any atom is -0.399 e. The normalized spacial score (nSPS) is 18.7. The van der Waals surface area contributed by atoms with Gasteiger partial charge in [0.05, 0.1) is 0 Å². The summed E-state index contributed by atoms with van der Waals surface area (Å²) in [5.41, 5.74) is 7.94. The van der Waals surface area contributed by atoms with Crippen molar-refractivity contribution in [3.05, 3.63) is 29.8 Å². The number of benzene rings is 1. The van der Waals surface area contributed by atoms with Crippen LogP contribution in [0.3, 0.4) is 0 Å². The lowest BCUT2D eigenvalue weighted by atomic mass is 10.1. The Morgan fingerprint density at radius 2 is 1.83 bits per heavy atom. The van der Waals surface area contributed by atoms with Crippen LogP contribution in [0.4, 0.5) is 5.69 Å². The number of likely N-dealkylation sites (N-methyl/N-ethyl adjacent to an activating group) is 1. The molecule has 1 fully saturated rings. The first-order valence-corrected chi connectivity index (χ1v) is 6.99. The first kappa shape index (κ1) is 13.4. The largest absolute Gasteiger partial charge is 0.399 e. The quantitative estimate of drug-likeness (QED) is 0.824. The van der Waals surface area contributed by atoms with E-state index in [0.717, 1.165) is 12.1 Å². The van der Waals surface area contributed by atoms with Crippen LogP contribution in [0.25, 0.3) is 0 Å². The van der Waals surface area contributed by atoms with Crippen LogP contribution >= 0.6 is 0 Å². The maximum atomic E-state index is 5.69. The molecule has 0 saturated carbocycles. The van der Waals surface area contributed by atoms with Crippen molar-refractivity contribution in [2.75, 3.05) is 45.5 Å². The van der Waals surface area contributed by atoms with Crippen LogP contribution in [0, 0.1) is 0 Å². The molecule has 1 aromatic rings. The number of anilines is 1. The highest BCUT2D eigenvalue weighted by atomic mass is 15.2. The molecule has 0 unspecified atom stereocenters. The summed E-state index contributed by atoms with van der Waals surface area (Å²) >= 11 is 0. The van der Waals surface area contributed by atoms with Gasteiger partial charge in [0.15, 0.2) is 0 Å². The molecule has 1 aliphatic rings. The molecule has 0 aromatic heterocycles. The van der Waals surface area contributed by atoms with Gasteiger partial charge in [0, 0.05) is 18.8 Å². The van der Waals surface area contributed by atoms with E-state index in [4.69, 9.17) is 5.73 Å². The highest BCUT2D eigenvalue weighted by Gasteiger charge is 2.11. The molecule has 1 aliphatic heterocycles. The molecule has 0 bridgehead atoms. The number of nitrogen functional groups attached to an aromatic ring is 1. The SMILES string of the molecule is CN1CCCN(CCCc2ccc(N)cc2)CC1. The Bertz CT molecular complexity index is 347. The van der Waals surface area contributed by atoms with Crippen molar-refractivity contribution >= 4 is 5.69 Å². The molecule has 2 N–H and O–H groups in total. The number of rotatable bonds is 4. The summed E-state index contributed by atoms with van der Waals surface area (Å²) < 4.78 is 0. The van der Waals surface area contributed by atoms with Crippen molar-refractivity contribution in [3.63, 3.8) is 0 Å². The molecule has 0 amide bonds. The molecular weight excluding hydrogens is 222 g/mol. The third kappa shape index (κ3) is 4.31. The van der Waals surface area contributed by atoms with Gasteiger partial charge in [-0.15, -0.1) is 0 Å². The predicted molar refractivity (Wildman–Crippen MR) is 77.7 cm³/mol. The molecule has 0 aliphatic carbocycles. The Kier molecular flexibility index (Phi) is 5.02. The zero-order chi connectivity index (χ0) is 12.8. The van der Waals surface area contributed by atoms with Crippen LogP contribution in [0.5, 0.6) is 0 Å². The van der Waals surface area contributed by atoms with Gasteiger partial charge in [-0.05, 0) is 63.6 Å². The summed E-state index contributed by atoms with van der Waals surface area (Å²) in [4.78, 5) is 5.03. The maximum absolute atomic E-state index is 5.69. The molecule has 0 radical (unpaired) electrons. The van der Waals surface area contributed by atoms with E-state index in [2.05, 4.69) is 29.0 Å². The van der Waals surface area contributed by atoms with Gasteiger partial charge in [-0.25, -0.2) is 0 Å². The van der Waals surface area contributed by atoms with Gasteiger partial charge in [-0.3, -0.25) is 0 Å². The molecule has 0 atom stereocenters. The number of aryl methyl sites for hydroxylation is 1. The molecule has 1 aromatic carbocycles. The van der Waals surface area contributed by atoms with Crippen molar-refractivity contribution in [2.24, 2.45) is 0 Å². The molecule has 2 rings (SSSR count). The lowest BCUT2D eigenvalue weighted by Crippen LogP contribution is -2.29. The Morgan fingerprint density at radius 3 is 2.61 bits per heavy atom. The molecule has 0 spiro atoms. The minimum atomic E-state index is 0.856. The predicted octanol–water partition coefficient (Wildman–Crippen LogP) is 1.84.